The van der Waals surface area contributed by atoms with Crippen molar-refractivity contribution in [2.75, 3.05) is 6.61 Å². The summed E-state index contributed by atoms with van der Waals surface area (Å²) in [5.41, 5.74) is 0. The highest BCUT2D eigenvalue weighted by atomic mass is 16.5. The van der Waals surface area contributed by atoms with Gasteiger partial charge in [-0.15, -0.1) is 5.92 Å². The van der Waals surface area contributed by atoms with E-state index in [9.17, 15) is 4.79 Å². The molecule has 1 fully saturated rings. The van der Waals surface area contributed by atoms with Crippen molar-refractivity contribution in [3.63, 3.8) is 0 Å². The third kappa shape index (κ3) is 2.58. The molecule has 1 rings (SSSR count). The molecule has 0 aromatic rings. The normalized spacial score (nSPS) is 16.8. The molecule has 0 radical (unpaired) electrons. The fraction of sp³-hybridized carbons (Fsp3) is 0.700. The van der Waals surface area contributed by atoms with E-state index in [1.807, 2.05) is 0 Å². The molecule has 0 heterocycles. The Morgan fingerprint density at radius 3 is 2.75 bits per heavy atom. The van der Waals surface area contributed by atoms with Crippen LogP contribution in [-0.2, 0) is 9.53 Å². The molecule has 0 N–H and O–H groups in total. The summed E-state index contributed by atoms with van der Waals surface area (Å²) < 4.78 is 4.95. The van der Waals surface area contributed by atoms with Gasteiger partial charge in [0.15, 0.2) is 6.61 Å². The molecule has 2 nitrogen and oxygen atoms in total. The van der Waals surface area contributed by atoms with Crippen LogP contribution in [-0.4, -0.2) is 12.6 Å². The maximum atomic E-state index is 11.2. The van der Waals surface area contributed by atoms with E-state index >= 15 is 0 Å². The number of hydrogen-bond donors (Lipinski definition) is 0. The first-order chi connectivity index (χ1) is 5.84. The molecule has 2 heteroatoms. The summed E-state index contributed by atoms with van der Waals surface area (Å²) in [4.78, 5) is 11.2. The van der Waals surface area contributed by atoms with Crippen LogP contribution in [0.25, 0.3) is 0 Å². The highest BCUT2D eigenvalue weighted by Crippen LogP contribution is 2.25. The molecule has 0 saturated heterocycles. The Balaban J connectivity index is 2.21. The SMILES string of the molecule is CC#CCOC(=O)C1CCCC1. The van der Waals surface area contributed by atoms with Gasteiger partial charge in [0.2, 0.25) is 0 Å². The van der Waals surface area contributed by atoms with Crippen LogP contribution in [0.2, 0.25) is 0 Å². The summed E-state index contributed by atoms with van der Waals surface area (Å²) in [6, 6.07) is 0. The van der Waals surface area contributed by atoms with Gasteiger partial charge < -0.3 is 4.74 Å². The molecule has 0 atom stereocenters. The second kappa shape index (κ2) is 4.82. The molecule has 1 aliphatic carbocycles. The smallest absolute Gasteiger partial charge is 0.309 e. The van der Waals surface area contributed by atoms with E-state index < -0.39 is 0 Å². The van der Waals surface area contributed by atoms with Crippen LogP contribution in [0.1, 0.15) is 32.6 Å². The first-order valence-electron chi connectivity index (χ1n) is 4.41. The van der Waals surface area contributed by atoms with Crippen molar-refractivity contribution in [1.82, 2.24) is 0 Å². The molecule has 1 saturated carbocycles. The van der Waals surface area contributed by atoms with E-state index in [4.69, 9.17) is 4.74 Å². The van der Waals surface area contributed by atoms with Gasteiger partial charge in [0.1, 0.15) is 0 Å². The van der Waals surface area contributed by atoms with Gasteiger partial charge in [0.25, 0.3) is 0 Å². The molecule has 66 valence electrons. The molecule has 0 unspecified atom stereocenters. The molecule has 0 aromatic heterocycles. The molecule has 0 spiro atoms. The van der Waals surface area contributed by atoms with Crippen molar-refractivity contribution >= 4 is 5.97 Å². The quantitative estimate of drug-likeness (QED) is 0.461. The second-order valence-corrected chi connectivity index (χ2v) is 3.02. The third-order valence-corrected chi connectivity index (χ3v) is 2.15. The van der Waals surface area contributed by atoms with Crippen LogP contribution < -0.4 is 0 Å². The van der Waals surface area contributed by atoms with Crippen molar-refractivity contribution in [3.05, 3.63) is 0 Å². The largest absolute Gasteiger partial charge is 0.452 e. The Kier molecular flexibility index (Phi) is 3.66. The first kappa shape index (κ1) is 9.12. The van der Waals surface area contributed by atoms with E-state index in [1.54, 1.807) is 6.92 Å². The maximum absolute atomic E-state index is 11.2. The van der Waals surface area contributed by atoms with Gasteiger partial charge in [0, 0.05) is 0 Å². The first-order valence-corrected chi connectivity index (χ1v) is 4.41. The standard InChI is InChI=1S/C10H14O2/c1-2-3-8-12-10(11)9-6-4-5-7-9/h9H,4-8H2,1H3. The van der Waals surface area contributed by atoms with Crippen molar-refractivity contribution in [3.8, 4) is 11.8 Å². The Hall–Kier alpha value is -0.970. The minimum absolute atomic E-state index is 0.0600. The summed E-state index contributed by atoms with van der Waals surface area (Å²) in [5.74, 6) is 5.49. The van der Waals surface area contributed by atoms with Crippen molar-refractivity contribution in [2.45, 2.75) is 32.6 Å². The number of ether oxygens (including phenoxy) is 1. The van der Waals surface area contributed by atoms with Gasteiger partial charge in [-0.05, 0) is 19.8 Å². The van der Waals surface area contributed by atoms with Crippen LogP contribution in [0.3, 0.4) is 0 Å². The molecule has 0 bridgehead atoms. The number of carbonyl (C=O) groups is 1. The molecule has 0 aromatic carbocycles. The van der Waals surface area contributed by atoms with E-state index in [1.165, 1.54) is 12.8 Å². The lowest BCUT2D eigenvalue weighted by atomic mass is 10.1. The third-order valence-electron chi connectivity index (χ3n) is 2.15. The van der Waals surface area contributed by atoms with Crippen molar-refractivity contribution in [2.24, 2.45) is 5.92 Å². The lowest BCUT2D eigenvalue weighted by Crippen LogP contribution is -2.14. The van der Waals surface area contributed by atoms with Gasteiger partial charge in [-0.3, -0.25) is 4.79 Å². The van der Waals surface area contributed by atoms with Gasteiger partial charge >= 0.3 is 5.97 Å². The van der Waals surface area contributed by atoms with Crippen LogP contribution in [0.15, 0.2) is 0 Å². The summed E-state index contributed by atoms with van der Waals surface area (Å²) >= 11 is 0. The van der Waals surface area contributed by atoms with Gasteiger partial charge in [-0.2, -0.15) is 0 Å². The average Bonchev–Trinajstić information content (AvgIpc) is 2.56. The monoisotopic (exact) mass is 166 g/mol. The summed E-state index contributed by atoms with van der Waals surface area (Å²) in [6.45, 7) is 2.00. The lowest BCUT2D eigenvalue weighted by Gasteiger charge is -2.05. The maximum Gasteiger partial charge on any atom is 0.309 e. The predicted octanol–water partition coefficient (Wildman–Crippen LogP) is 1.74. The highest BCUT2D eigenvalue weighted by Gasteiger charge is 2.23. The van der Waals surface area contributed by atoms with Crippen LogP contribution in [0, 0.1) is 17.8 Å². The zero-order valence-corrected chi connectivity index (χ0v) is 7.43. The Bertz CT molecular complexity index is 204. The van der Waals surface area contributed by atoms with Crippen LogP contribution in [0.4, 0.5) is 0 Å². The Labute approximate surface area is 73.3 Å². The number of hydrogen-bond acceptors (Lipinski definition) is 2. The van der Waals surface area contributed by atoms with Crippen LogP contribution in [0.5, 0.6) is 0 Å². The summed E-state index contributed by atoms with van der Waals surface area (Å²) in [5, 5.41) is 0. The van der Waals surface area contributed by atoms with Gasteiger partial charge in [-0.25, -0.2) is 0 Å². The second-order valence-electron chi connectivity index (χ2n) is 3.02. The molecular weight excluding hydrogens is 152 g/mol. The zero-order valence-electron chi connectivity index (χ0n) is 7.43. The van der Waals surface area contributed by atoms with E-state index in [-0.39, 0.29) is 18.5 Å². The van der Waals surface area contributed by atoms with Gasteiger partial charge in [-0.1, -0.05) is 18.8 Å². The summed E-state index contributed by atoms with van der Waals surface area (Å²) in [7, 11) is 0. The van der Waals surface area contributed by atoms with E-state index in [0.29, 0.717) is 0 Å². The number of esters is 1. The molecule has 0 aliphatic heterocycles. The molecule has 0 amide bonds. The van der Waals surface area contributed by atoms with E-state index in [0.717, 1.165) is 12.8 Å². The number of carbonyl (C=O) groups excluding carboxylic acids is 1. The lowest BCUT2D eigenvalue weighted by molar-refractivity contribution is -0.146. The molecular formula is C10H14O2. The summed E-state index contributed by atoms with van der Waals surface area (Å²) in [6.07, 6.45) is 4.33. The van der Waals surface area contributed by atoms with E-state index in [2.05, 4.69) is 11.8 Å². The number of rotatable bonds is 2. The highest BCUT2D eigenvalue weighted by molar-refractivity contribution is 5.72. The molecule has 12 heavy (non-hydrogen) atoms. The zero-order chi connectivity index (χ0) is 8.81. The minimum Gasteiger partial charge on any atom is -0.452 e. The molecule has 1 aliphatic rings. The van der Waals surface area contributed by atoms with Crippen molar-refractivity contribution < 1.29 is 9.53 Å². The van der Waals surface area contributed by atoms with Crippen molar-refractivity contribution in [1.29, 1.82) is 0 Å². The van der Waals surface area contributed by atoms with Crippen LogP contribution >= 0.6 is 0 Å². The topological polar surface area (TPSA) is 26.3 Å². The van der Waals surface area contributed by atoms with Gasteiger partial charge in [0.05, 0.1) is 5.92 Å². The fourth-order valence-electron chi connectivity index (χ4n) is 1.46. The predicted molar refractivity (Wildman–Crippen MR) is 46.4 cm³/mol. The minimum atomic E-state index is -0.0600. The Morgan fingerprint density at radius 2 is 2.17 bits per heavy atom. The average molecular weight is 166 g/mol. The Morgan fingerprint density at radius 1 is 1.50 bits per heavy atom. The fourth-order valence-corrected chi connectivity index (χ4v) is 1.46.